The molecule has 0 radical (unpaired) electrons. The fourth-order valence-electron chi connectivity index (χ4n) is 1.23. The molecule has 1 rings (SSSR count). The molecule has 3 nitrogen and oxygen atoms in total. The fraction of sp³-hybridized carbons (Fsp3) is 0.400. The molecule has 144 valence electrons. The first-order chi connectivity index (χ1) is 10.9. The third-order valence-corrected chi connectivity index (χ3v) is 4.34. The van der Waals surface area contributed by atoms with Crippen molar-refractivity contribution in [2.75, 3.05) is 0 Å². The molecule has 0 heterocycles. The number of benzene rings is 1. The molecule has 0 unspecified atom stereocenters. The molecular formula is C10H3Cl2F9O3S. The molecule has 0 amide bonds. The van der Waals surface area contributed by atoms with E-state index in [9.17, 15) is 47.9 Å². The van der Waals surface area contributed by atoms with Crippen LogP contribution >= 0.6 is 23.2 Å². The molecule has 0 fully saturated rings. The van der Waals surface area contributed by atoms with E-state index in [0.29, 0.717) is 12.1 Å². The van der Waals surface area contributed by atoms with Gasteiger partial charge in [0.05, 0.1) is 5.02 Å². The molecule has 0 atom stereocenters. The van der Waals surface area contributed by atoms with E-state index in [4.69, 9.17) is 23.2 Å². The summed E-state index contributed by atoms with van der Waals surface area (Å²) < 4.78 is 140. The van der Waals surface area contributed by atoms with Crippen molar-refractivity contribution in [3.05, 3.63) is 28.2 Å². The Kier molecular flexibility index (Phi) is 5.51. The van der Waals surface area contributed by atoms with Crippen molar-refractivity contribution in [3.8, 4) is 5.75 Å². The van der Waals surface area contributed by atoms with Crippen molar-refractivity contribution in [3.63, 3.8) is 0 Å². The van der Waals surface area contributed by atoms with Crippen LogP contribution in [-0.2, 0) is 10.1 Å². The molecule has 0 N–H and O–H groups in total. The van der Waals surface area contributed by atoms with Crippen LogP contribution in [0.4, 0.5) is 39.5 Å². The third kappa shape index (κ3) is 3.58. The van der Waals surface area contributed by atoms with Crippen LogP contribution in [0.3, 0.4) is 0 Å². The van der Waals surface area contributed by atoms with E-state index in [2.05, 4.69) is 4.18 Å². The van der Waals surface area contributed by atoms with Gasteiger partial charge in [-0.25, -0.2) is 0 Å². The molecule has 0 aliphatic heterocycles. The third-order valence-electron chi connectivity index (χ3n) is 2.52. The van der Waals surface area contributed by atoms with Crippen molar-refractivity contribution < 1.29 is 52.1 Å². The zero-order valence-electron chi connectivity index (χ0n) is 11.0. The average molecular weight is 445 g/mol. The topological polar surface area (TPSA) is 43.4 Å². The van der Waals surface area contributed by atoms with Crippen molar-refractivity contribution in [1.82, 2.24) is 0 Å². The lowest BCUT2D eigenvalue weighted by atomic mass is 10.1. The van der Waals surface area contributed by atoms with Gasteiger partial charge in [0, 0.05) is 5.02 Å². The first-order valence-corrected chi connectivity index (χ1v) is 7.64. The minimum Gasteiger partial charge on any atom is -0.376 e. The summed E-state index contributed by atoms with van der Waals surface area (Å²) >= 11 is 10.7. The minimum atomic E-state index is -7.39. The van der Waals surface area contributed by atoms with Crippen LogP contribution in [0.5, 0.6) is 5.75 Å². The van der Waals surface area contributed by atoms with E-state index in [-0.39, 0.29) is 5.02 Å². The SMILES string of the molecule is O=S(=O)(Oc1ccc(Cl)cc1Cl)C(F)(F)C(F)(F)C(F)(F)C(F)(F)F. The maximum absolute atomic E-state index is 13.4. The van der Waals surface area contributed by atoms with Crippen molar-refractivity contribution >= 4 is 33.3 Å². The number of halogens is 11. The quantitative estimate of drug-likeness (QED) is 0.467. The molecule has 0 aliphatic carbocycles. The van der Waals surface area contributed by atoms with Crippen molar-refractivity contribution in [2.45, 2.75) is 23.3 Å². The molecule has 0 aromatic heterocycles. The molecule has 0 bridgehead atoms. The van der Waals surface area contributed by atoms with E-state index in [1.165, 1.54) is 0 Å². The number of alkyl halides is 9. The first kappa shape index (κ1) is 22.0. The zero-order valence-corrected chi connectivity index (χ0v) is 13.4. The maximum atomic E-state index is 13.4. The van der Waals surface area contributed by atoms with Crippen LogP contribution in [0, 0.1) is 0 Å². The summed E-state index contributed by atoms with van der Waals surface area (Å²) in [6, 6.07) is 1.98. The normalized spacial score (nSPS) is 14.5. The lowest BCUT2D eigenvalue weighted by Gasteiger charge is -2.32. The van der Waals surface area contributed by atoms with Crippen molar-refractivity contribution in [2.24, 2.45) is 0 Å². The average Bonchev–Trinajstić information content (AvgIpc) is 2.40. The van der Waals surface area contributed by atoms with Gasteiger partial charge in [-0.3, -0.25) is 0 Å². The van der Waals surface area contributed by atoms with E-state index >= 15 is 0 Å². The largest absolute Gasteiger partial charge is 0.460 e. The summed E-state index contributed by atoms with van der Waals surface area (Å²) in [6.45, 7) is 0. The minimum absolute atomic E-state index is 0.185. The molecule has 1 aromatic rings. The Morgan fingerprint density at radius 1 is 0.840 bits per heavy atom. The highest BCUT2D eigenvalue weighted by molar-refractivity contribution is 7.88. The van der Waals surface area contributed by atoms with Crippen LogP contribution in [0.1, 0.15) is 0 Å². The van der Waals surface area contributed by atoms with Gasteiger partial charge in [0.1, 0.15) is 0 Å². The van der Waals surface area contributed by atoms with Gasteiger partial charge in [-0.15, -0.1) is 0 Å². The predicted molar refractivity (Wildman–Crippen MR) is 66.9 cm³/mol. The lowest BCUT2D eigenvalue weighted by molar-refractivity contribution is -0.382. The summed E-state index contributed by atoms with van der Waals surface area (Å²) in [7, 11) is -7.04. The smallest absolute Gasteiger partial charge is 0.376 e. The number of rotatable bonds is 5. The Balaban J connectivity index is 3.39. The molecule has 0 saturated heterocycles. The van der Waals surface area contributed by atoms with E-state index in [1.54, 1.807) is 0 Å². The van der Waals surface area contributed by atoms with Crippen LogP contribution in [0.25, 0.3) is 0 Å². The Hall–Kier alpha value is -1.08. The van der Waals surface area contributed by atoms with Gasteiger partial charge in [-0.1, -0.05) is 23.2 Å². The van der Waals surface area contributed by atoms with Crippen LogP contribution in [0.2, 0.25) is 10.0 Å². The van der Waals surface area contributed by atoms with Crippen LogP contribution in [-0.4, -0.2) is 31.7 Å². The molecule has 25 heavy (non-hydrogen) atoms. The Morgan fingerprint density at radius 3 is 1.72 bits per heavy atom. The highest BCUT2D eigenvalue weighted by Gasteiger charge is 2.86. The van der Waals surface area contributed by atoms with Gasteiger partial charge in [0.25, 0.3) is 0 Å². The first-order valence-electron chi connectivity index (χ1n) is 5.48. The summed E-state index contributed by atoms with van der Waals surface area (Å²) in [6.07, 6.45) is -7.17. The lowest BCUT2D eigenvalue weighted by Crippen LogP contribution is -2.63. The van der Waals surface area contributed by atoms with E-state index < -0.39 is 44.2 Å². The fourth-order valence-corrected chi connectivity index (χ4v) is 2.65. The summed E-state index contributed by atoms with van der Waals surface area (Å²) in [4.78, 5) is 0. The maximum Gasteiger partial charge on any atom is 0.460 e. The zero-order chi connectivity index (χ0) is 20.1. The van der Waals surface area contributed by atoms with Crippen LogP contribution < -0.4 is 4.18 Å². The molecule has 15 heteroatoms. The Labute approximate surface area is 143 Å². The molecule has 0 aliphatic rings. The molecule has 0 spiro atoms. The molecular weight excluding hydrogens is 442 g/mol. The monoisotopic (exact) mass is 444 g/mol. The van der Waals surface area contributed by atoms with Gasteiger partial charge >= 0.3 is 33.4 Å². The second-order valence-corrected chi connectivity index (χ2v) is 6.71. The Bertz CT molecular complexity index is 761. The van der Waals surface area contributed by atoms with Gasteiger partial charge in [0.15, 0.2) is 5.75 Å². The van der Waals surface area contributed by atoms with Gasteiger partial charge in [-0.2, -0.15) is 47.9 Å². The second-order valence-electron chi connectivity index (χ2n) is 4.28. The molecule has 0 saturated carbocycles. The number of hydrogen-bond acceptors (Lipinski definition) is 3. The van der Waals surface area contributed by atoms with Gasteiger partial charge in [-0.05, 0) is 18.2 Å². The van der Waals surface area contributed by atoms with Crippen LogP contribution in [0.15, 0.2) is 18.2 Å². The summed E-state index contributed by atoms with van der Waals surface area (Å²) in [5.74, 6) is -16.0. The summed E-state index contributed by atoms with van der Waals surface area (Å²) in [5, 5.41) is -7.98. The summed E-state index contributed by atoms with van der Waals surface area (Å²) in [5.41, 5.74) is 0. The predicted octanol–water partition coefficient (Wildman–Crippen LogP) is 5.13. The Morgan fingerprint density at radius 2 is 1.32 bits per heavy atom. The second kappa shape index (κ2) is 6.27. The van der Waals surface area contributed by atoms with Gasteiger partial charge in [0.2, 0.25) is 0 Å². The van der Waals surface area contributed by atoms with E-state index in [0.717, 1.165) is 6.07 Å². The van der Waals surface area contributed by atoms with Crippen molar-refractivity contribution in [1.29, 1.82) is 0 Å². The standard InChI is InChI=1S/C10H3Cl2F9O3S/c11-4-1-2-6(5(12)3-4)24-25(22,23)10(20,21)8(15,16)7(13,14)9(17,18)19/h1-3H. The highest BCUT2D eigenvalue weighted by Crippen LogP contribution is 2.55. The number of hydrogen-bond donors (Lipinski definition) is 0. The highest BCUT2D eigenvalue weighted by atomic mass is 35.5. The van der Waals surface area contributed by atoms with E-state index in [1.807, 2.05) is 0 Å². The molecule has 1 aromatic carbocycles. The van der Waals surface area contributed by atoms with Gasteiger partial charge < -0.3 is 4.18 Å².